The molecule has 0 N–H and O–H groups in total. The van der Waals surface area contributed by atoms with Crippen LogP contribution in [0.3, 0.4) is 0 Å². The van der Waals surface area contributed by atoms with Crippen LogP contribution in [0, 0.1) is 6.92 Å². The van der Waals surface area contributed by atoms with Gasteiger partial charge in [0, 0.05) is 18.7 Å². The van der Waals surface area contributed by atoms with E-state index in [2.05, 4.69) is 4.98 Å². The number of rotatable bonds is 5. The molecule has 1 atom stereocenters. The van der Waals surface area contributed by atoms with Crippen LogP contribution in [0.5, 0.6) is 5.75 Å². The minimum Gasteiger partial charge on any atom is -0.497 e. The van der Waals surface area contributed by atoms with Crippen molar-refractivity contribution in [2.45, 2.75) is 25.8 Å². The van der Waals surface area contributed by atoms with Gasteiger partial charge in [0.05, 0.1) is 30.7 Å². The second kappa shape index (κ2) is 7.11. The first-order chi connectivity index (χ1) is 12.3. The summed E-state index contributed by atoms with van der Waals surface area (Å²) in [4.78, 5) is 18.5. The Morgan fingerprint density at radius 2 is 2.04 bits per heavy atom. The third-order valence-electron chi connectivity index (χ3n) is 4.70. The molecule has 0 aliphatic carbocycles. The lowest BCUT2D eigenvalue weighted by Gasteiger charge is -2.23. The van der Waals surface area contributed by atoms with Gasteiger partial charge >= 0.3 is 0 Å². The third kappa shape index (κ3) is 3.90. The van der Waals surface area contributed by atoms with Gasteiger partial charge in [0.25, 0.3) is 0 Å². The Labute approximate surface area is 152 Å². The van der Waals surface area contributed by atoms with Gasteiger partial charge in [-0.25, -0.2) is 13.4 Å². The van der Waals surface area contributed by atoms with Crippen molar-refractivity contribution in [3.63, 3.8) is 0 Å². The van der Waals surface area contributed by atoms with Crippen LogP contribution >= 0.6 is 0 Å². The summed E-state index contributed by atoms with van der Waals surface area (Å²) in [6.07, 6.45) is 0.567. The van der Waals surface area contributed by atoms with Gasteiger partial charge in [0.2, 0.25) is 11.8 Å². The van der Waals surface area contributed by atoms with Crippen molar-refractivity contribution in [2.75, 3.05) is 25.7 Å². The molecule has 0 radical (unpaired) electrons. The number of oxazole rings is 1. The highest BCUT2D eigenvalue weighted by molar-refractivity contribution is 7.91. The van der Waals surface area contributed by atoms with Gasteiger partial charge < -0.3 is 14.1 Å². The molecule has 26 heavy (non-hydrogen) atoms. The average molecular weight is 378 g/mol. The van der Waals surface area contributed by atoms with Crippen LogP contribution in [0.4, 0.5) is 0 Å². The molecular formula is C18H22N2O5S. The number of likely N-dealkylation sites (N-methyl/N-ethyl adjacent to an activating group) is 1. The van der Waals surface area contributed by atoms with Gasteiger partial charge in [0.1, 0.15) is 11.5 Å². The molecule has 1 aliphatic heterocycles. The van der Waals surface area contributed by atoms with Crippen LogP contribution in [0.15, 0.2) is 28.7 Å². The highest BCUT2D eigenvalue weighted by Gasteiger charge is 2.33. The van der Waals surface area contributed by atoms with E-state index in [0.717, 1.165) is 11.3 Å². The highest BCUT2D eigenvalue weighted by atomic mass is 32.2. The summed E-state index contributed by atoms with van der Waals surface area (Å²) in [7, 11) is 0.213. The molecule has 2 heterocycles. The van der Waals surface area contributed by atoms with Crippen molar-refractivity contribution >= 4 is 15.7 Å². The van der Waals surface area contributed by atoms with E-state index < -0.39 is 9.84 Å². The van der Waals surface area contributed by atoms with E-state index in [-0.39, 0.29) is 29.9 Å². The number of carbonyl (C=O) groups is 1. The van der Waals surface area contributed by atoms with Gasteiger partial charge in [-0.05, 0) is 37.6 Å². The van der Waals surface area contributed by atoms with Crippen LogP contribution in [0.25, 0.3) is 11.5 Å². The fourth-order valence-corrected chi connectivity index (χ4v) is 4.78. The van der Waals surface area contributed by atoms with Crippen molar-refractivity contribution in [2.24, 2.45) is 0 Å². The standard InChI is InChI=1S/C18H22N2O5S/c1-12-16(10-17(21)20(2)14-8-9-26(22,23)11-14)19-18(25-12)13-4-6-15(24-3)7-5-13/h4-7,14H,8-11H2,1-3H3. The van der Waals surface area contributed by atoms with Crippen LogP contribution < -0.4 is 4.74 Å². The fourth-order valence-electron chi connectivity index (χ4n) is 3.00. The topological polar surface area (TPSA) is 89.7 Å². The minimum atomic E-state index is -3.03. The van der Waals surface area contributed by atoms with Crippen molar-refractivity contribution in [3.05, 3.63) is 35.7 Å². The van der Waals surface area contributed by atoms with Gasteiger partial charge in [-0.2, -0.15) is 0 Å². The van der Waals surface area contributed by atoms with Crippen molar-refractivity contribution in [1.82, 2.24) is 9.88 Å². The number of amides is 1. The number of methoxy groups -OCH3 is 1. The number of hydrogen-bond acceptors (Lipinski definition) is 6. The lowest BCUT2D eigenvalue weighted by atomic mass is 10.2. The smallest absolute Gasteiger partial charge is 0.228 e. The quantitative estimate of drug-likeness (QED) is 0.789. The first-order valence-electron chi connectivity index (χ1n) is 8.36. The molecule has 0 bridgehead atoms. The molecule has 0 spiro atoms. The van der Waals surface area contributed by atoms with Crippen LogP contribution in [0.2, 0.25) is 0 Å². The zero-order chi connectivity index (χ0) is 18.9. The summed E-state index contributed by atoms with van der Waals surface area (Å²) in [6, 6.07) is 7.04. The van der Waals surface area contributed by atoms with Crippen LogP contribution in [-0.4, -0.2) is 55.9 Å². The number of sulfone groups is 1. The Kier molecular flexibility index (Phi) is 5.04. The molecule has 1 aromatic carbocycles. The first-order valence-corrected chi connectivity index (χ1v) is 10.2. The molecule has 1 saturated heterocycles. The summed E-state index contributed by atoms with van der Waals surface area (Å²) in [6.45, 7) is 1.77. The molecule has 1 fully saturated rings. The number of ether oxygens (including phenoxy) is 1. The van der Waals surface area contributed by atoms with Crippen LogP contribution in [-0.2, 0) is 21.1 Å². The Morgan fingerprint density at radius 3 is 2.62 bits per heavy atom. The van der Waals surface area contributed by atoms with E-state index in [4.69, 9.17) is 9.15 Å². The normalized spacial score (nSPS) is 18.7. The zero-order valence-corrected chi connectivity index (χ0v) is 15.9. The summed E-state index contributed by atoms with van der Waals surface area (Å²) in [5, 5.41) is 0. The number of hydrogen-bond donors (Lipinski definition) is 0. The Hall–Kier alpha value is -2.35. The second-order valence-electron chi connectivity index (χ2n) is 6.49. The van der Waals surface area contributed by atoms with Gasteiger partial charge in [-0.15, -0.1) is 0 Å². The lowest BCUT2D eigenvalue weighted by Crippen LogP contribution is -2.38. The summed E-state index contributed by atoms with van der Waals surface area (Å²) in [5.74, 6) is 1.77. The Bertz CT molecular complexity index is 902. The minimum absolute atomic E-state index is 0.0319. The number of aryl methyl sites for hydroxylation is 1. The second-order valence-corrected chi connectivity index (χ2v) is 8.72. The largest absolute Gasteiger partial charge is 0.497 e. The molecule has 1 amide bonds. The first kappa shape index (κ1) is 18.4. The average Bonchev–Trinajstić information content (AvgIpc) is 3.16. The maximum atomic E-state index is 12.5. The molecule has 1 unspecified atom stereocenters. The van der Waals surface area contributed by atoms with E-state index in [1.54, 1.807) is 21.1 Å². The SMILES string of the molecule is COc1ccc(-c2nc(CC(=O)N(C)C3CCS(=O)(=O)C3)c(C)o2)cc1. The molecule has 3 rings (SSSR count). The van der Waals surface area contributed by atoms with Gasteiger partial charge in [0.15, 0.2) is 9.84 Å². The zero-order valence-electron chi connectivity index (χ0n) is 15.1. The molecule has 140 valence electrons. The Morgan fingerprint density at radius 1 is 1.35 bits per heavy atom. The van der Waals surface area contributed by atoms with E-state index in [1.807, 2.05) is 24.3 Å². The maximum Gasteiger partial charge on any atom is 0.228 e. The van der Waals surface area contributed by atoms with E-state index in [1.165, 1.54) is 4.90 Å². The summed E-state index contributed by atoms with van der Waals surface area (Å²) >= 11 is 0. The molecule has 1 aliphatic rings. The molecule has 7 nitrogen and oxygen atoms in total. The molecule has 0 saturated carbocycles. The molecule has 1 aromatic heterocycles. The number of aromatic nitrogens is 1. The van der Waals surface area contributed by atoms with Crippen molar-refractivity contribution < 1.29 is 22.4 Å². The number of benzene rings is 1. The molecule has 8 heteroatoms. The highest BCUT2D eigenvalue weighted by Crippen LogP contribution is 2.25. The lowest BCUT2D eigenvalue weighted by molar-refractivity contribution is -0.130. The predicted molar refractivity (Wildman–Crippen MR) is 96.8 cm³/mol. The van der Waals surface area contributed by atoms with Gasteiger partial charge in [-0.1, -0.05) is 0 Å². The summed E-state index contributed by atoms with van der Waals surface area (Å²) in [5.41, 5.74) is 1.36. The monoisotopic (exact) mass is 378 g/mol. The van der Waals surface area contributed by atoms with Gasteiger partial charge in [-0.3, -0.25) is 4.79 Å². The number of carbonyl (C=O) groups excluding carboxylic acids is 1. The maximum absolute atomic E-state index is 12.5. The van der Waals surface area contributed by atoms with Crippen molar-refractivity contribution in [1.29, 1.82) is 0 Å². The summed E-state index contributed by atoms with van der Waals surface area (Å²) < 4.78 is 34.1. The fraction of sp³-hybridized carbons (Fsp3) is 0.444. The van der Waals surface area contributed by atoms with E-state index in [9.17, 15) is 13.2 Å². The van der Waals surface area contributed by atoms with Crippen LogP contribution in [0.1, 0.15) is 17.9 Å². The third-order valence-corrected chi connectivity index (χ3v) is 6.45. The predicted octanol–water partition coefficient (Wildman–Crippen LogP) is 1.85. The van der Waals surface area contributed by atoms with E-state index in [0.29, 0.717) is 23.8 Å². The molecule has 2 aromatic rings. The Balaban J connectivity index is 1.71. The van der Waals surface area contributed by atoms with Crippen molar-refractivity contribution in [3.8, 4) is 17.2 Å². The number of nitrogens with zero attached hydrogens (tertiary/aromatic N) is 2. The van der Waals surface area contributed by atoms with E-state index >= 15 is 0 Å². The molecular weight excluding hydrogens is 356 g/mol.